The van der Waals surface area contributed by atoms with Gasteiger partial charge in [0.2, 0.25) is 0 Å². The predicted molar refractivity (Wildman–Crippen MR) is 91.3 cm³/mol. The molecule has 0 saturated carbocycles. The molecule has 5 heteroatoms. The van der Waals surface area contributed by atoms with Crippen LogP contribution in [0.3, 0.4) is 0 Å². The van der Waals surface area contributed by atoms with Crippen LogP contribution in [-0.4, -0.2) is 47.6 Å². The minimum absolute atomic E-state index is 0.325. The van der Waals surface area contributed by atoms with E-state index in [1.165, 1.54) is 0 Å². The fourth-order valence-corrected chi connectivity index (χ4v) is 2.18. The normalized spacial score (nSPS) is 11.2. The van der Waals surface area contributed by atoms with Gasteiger partial charge in [-0.25, -0.2) is 9.97 Å². The van der Waals surface area contributed by atoms with Gasteiger partial charge in [-0.3, -0.25) is 0 Å². The first kappa shape index (κ1) is 17.7. The molecule has 5 nitrogen and oxygen atoms in total. The predicted octanol–water partition coefficient (Wildman–Crippen LogP) is 3.09. The van der Waals surface area contributed by atoms with Crippen molar-refractivity contribution in [3.8, 4) is 0 Å². The van der Waals surface area contributed by atoms with Crippen molar-refractivity contribution in [3.05, 3.63) is 11.4 Å². The number of aromatic nitrogens is 2. The minimum atomic E-state index is 0.325. The zero-order chi connectivity index (χ0) is 15.8. The summed E-state index contributed by atoms with van der Waals surface area (Å²) in [5, 5.41) is 6.80. The molecule has 21 heavy (non-hydrogen) atoms. The van der Waals surface area contributed by atoms with Crippen LogP contribution in [0.1, 0.15) is 51.9 Å². The lowest BCUT2D eigenvalue weighted by Gasteiger charge is -2.20. The molecule has 120 valence electrons. The average molecular weight is 293 g/mol. The number of likely N-dealkylation sites (N-methyl/N-ethyl adjacent to an activating group) is 1. The lowest BCUT2D eigenvalue weighted by Crippen LogP contribution is -2.29. The Labute approximate surface area is 129 Å². The van der Waals surface area contributed by atoms with Crippen molar-refractivity contribution in [1.82, 2.24) is 14.9 Å². The van der Waals surface area contributed by atoms with Gasteiger partial charge < -0.3 is 15.5 Å². The molecule has 0 amide bonds. The first-order valence-corrected chi connectivity index (χ1v) is 8.11. The van der Waals surface area contributed by atoms with E-state index in [4.69, 9.17) is 0 Å². The Morgan fingerprint density at radius 3 is 2.05 bits per heavy atom. The maximum atomic E-state index is 4.68. The molecule has 0 aromatic carbocycles. The molecule has 0 spiro atoms. The monoisotopic (exact) mass is 293 g/mol. The average Bonchev–Trinajstić information content (AvgIpc) is 2.47. The molecule has 0 unspecified atom stereocenters. The van der Waals surface area contributed by atoms with Crippen LogP contribution in [0.2, 0.25) is 0 Å². The second-order valence-electron chi connectivity index (χ2n) is 5.54. The lowest BCUT2D eigenvalue weighted by molar-refractivity contribution is 0.316. The Morgan fingerprint density at radius 1 is 1.00 bits per heavy atom. The number of nitrogens with one attached hydrogen (secondary N) is 2. The summed E-state index contributed by atoms with van der Waals surface area (Å²) >= 11 is 0. The first-order chi connectivity index (χ1) is 10.0. The quantitative estimate of drug-likeness (QED) is 0.733. The number of nitrogens with zero attached hydrogens (tertiary/aromatic N) is 3. The Bertz CT molecular complexity index is 427. The van der Waals surface area contributed by atoms with Crippen LogP contribution in [-0.2, 0) is 0 Å². The van der Waals surface area contributed by atoms with Crippen LogP contribution >= 0.6 is 0 Å². The van der Waals surface area contributed by atoms with Crippen molar-refractivity contribution in [3.63, 3.8) is 0 Å². The van der Waals surface area contributed by atoms with Crippen molar-refractivity contribution < 1.29 is 0 Å². The van der Waals surface area contributed by atoms with Crippen molar-refractivity contribution >= 4 is 11.6 Å². The van der Waals surface area contributed by atoms with E-state index >= 15 is 0 Å². The van der Waals surface area contributed by atoms with E-state index in [0.29, 0.717) is 5.92 Å². The SMILES string of the molecule is CCNc1nc(C(C)C)nc(NCCN(CC)CC)c1C. The van der Waals surface area contributed by atoms with Gasteiger partial charge in [-0.1, -0.05) is 27.7 Å². The summed E-state index contributed by atoms with van der Waals surface area (Å²) in [5.41, 5.74) is 1.10. The second-order valence-corrected chi connectivity index (χ2v) is 5.54. The third-order valence-electron chi connectivity index (χ3n) is 3.64. The van der Waals surface area contributed by atoms with E-state index in [1.54, 1.807) is 0 Å². The molecule has 0 aliphatic heterocycles. The summed E-state index contributed by atoms with van der Waals surface area (Å²) in [6, 6.07) is 0. The fraction of sp³-hybridized carbons (Fsp3) is 0.750. The van der Waals surface area contributed by atoms with E-state index in [9.17, 15) is 0 Å². The van der Waals surface area contributed by atoms with Gasteiger partial charge in [0.25, 0.3) is 0 Å². The molecular formula is C16H31N5. The number of hydrogen-bond acceptors (Lipinski definition) is 5. The number of hydrogen-bond donors (Lipinski definition) is 2. The Morgan fingerprint density at radius 2 is 1.57 bits per heavy atom. The molecule has 0 saturated heterocycles. The largest absolute Gasteiger partial charge is 0.370 e. The van der Waals surface area contributed by atoms with Gasteiger partial charge in [0, 0.05) is 31.1 Å². The third kappa shape index (κ3) is 5.16. The zero-order valence-electron chi connectivity index (χ0n) is 14.5. The van der Waals surface area contributed by atoms with E-state index in [0.717, 1.165) is 55.7 Å². The summed E-state index contributed by atoms with van der Waals surface area (Å²) in [4.78, 5) is 11.7. The van der Waals surface area contributed by atoms with Crippen molar-refractivity contribution in [2.24, 2.45) is 0 Å². The van der Waals surface area contributed by atoms with E-state index in [2.05, 4.69) is 67.0 Å². The Hall–Kier alpha value is -1.36. The molecule has 0 aliphatic rings. The molecule has 1 heterocycles. The van der Waals surface area contributed by atoms with Gasteiger partial charge in [0.05, 0.1) is 0 Å². The van der Waals surface area contributed by atoms with Crippen LogP contribution in [0, 0.1) is 6.92 Å². The van der Waals surface area contributed by atoms with Gasteiger partial charge in [-0.15, -0.1) is 0 Å². The molecule has 0 radical (unpaired) electrons. The first-order valence-electron chi connectivity index (χ1n) is 8.11. The van der Waals surface area contributed by atoms with Gasteiger partial charge in [-0.2, -0.15) is 0 Å². The van der Waals surface area contributed by atoms with E-state index in [1.807, 2.05) is 0 Å². The van der Waals surface area contributed by atoms with Crippen LogP contribution in [0.4, 0.5) is 11.6 Å². The standard InChI is InChI=1S/C16H31N5/c1-7-17-15-13(6)16(20-14(19-15)12(4)5)18-10-11-21(8-2)9-3/h12H,7-11H2,1-6H3,(H2,17,18,19,20). The minimum Gasteiger partial charge on any atom is -0.370 e. The molecule has 0 atom stereocenters. The molecule has 0 bridgehead atoms. The molecule has 1 aromatic rings. The van der Waals surface area contributed by atoms with Gasteiger partial charge in [-0.05, 0) is 26.9 Å². The van der Waals surface area contributed by atoms with Gasteiger partial charge in [0.15, 0.2) is 0 Å². The highest BCUT2D eigenvalue weighted by Crippen LogP contribution is 2.22. The maximum Gasteiger partial charge on any atom is 0.135 e. The van der Waals surface area contributed by atoms with Crippen molar-refractivity contribution in [1.29, 1.82) is 0 Å². The molecule has 2 N–H and O–H groups in total. The van der Waals surface area contributed by atoms with E-state index < -0.39 is 0 Å². The summed E-state index contributed by atoms with van der Waals surface area (Å²) in [7, 11) is 0. The zero-order valence-corrected chi connectivity index (χ0v) is 14.5. The highest BCUT2D eigenvalue weighted by atomic mass is 15.1. The summed E-state index contributed by atoms with van der Waals surface area (Å²) in [6.07, 6.45) is 0. The molecule has 0 aliphatic carbocycles. The third-order valence-corrected chi connectivity index (χ3v) is 3.64. The molecule has 0 fully saturated rings. The number of rotatable bonds is 9. The highest BCUT2D eigenvalue weighted by Gasteiger charge is 2.12. The smallest absolute Gasteiger partial charge is 0.135 e. The van der Waals surface area contributed by atoms with Gasteiger partial charge >= 0.3 is 0 Å². The summed E-state index contributed by atoms with van der Waals surface area (Å²) in [6.45, 7) is 17.8. The maximum absolute atomic E-state index is 4.68. The van der Waals surface area contributed by atoms with Crippen molar-refractivity contribution in [2.75, 3.05) is 43.4 Å². The molecular weight excluding hydrogens is 262 g/mol. The van der Waals surface area contributed by atoms with Crippen LogP contribution in [0.5, 0.6) is 0 Å². The Balaban J connectivity index is 2.84. The van der Waals surface area contributed by atoms with Crippen LogP contribution < -0.4 is 10.6 Å². The summed E-state index contributed by atoms with van der Waals surface area (Å²) in [5.74, 6) is 3.12. The van der Waals surface area contributed by atoms with Crippen molar-refractivity contribution in [2.45, 2.75) is 47.5 Å². The van der Waals surface area contributed by atoms with Crippen LogP contribution in [0.25, 0.3) is 0 Å². The number of anilines is 2. The fourth-order valence-electron chi connectivity index (χ4n) is 2.18. The lowest BCUT2D eigenvalue weighted by atomic mass is 10.2. The molecule has 1 rings (SSSR count). The van der Waals surface area contributed by atoms with Gasteiger partial charge in [0.1, 0.15) is 17.5 Å². The van der Waals surface area contributed by atoms with Crippen LogP contribution in [0.15, 0.2) is 0 Å². The molecule has 1 aromatic heterocycles. The topological polar surface area (TPSA) is 53.1 Å². The Kier molecular flexibility index (Phi) is 7.43. The van der Waals surface area contributed by atoms with E-state index in [-0.39, 0.29) is 0 Å². The highest BCUT2D eigenvalue weighted by molar-refractivity contribution is 5.57. The second kappa shape index (κ2) is 8.82. The summed E-state index contributed by atoms with van der Waals surface area (Å²) < 4.78 is 0.